The molecule has 4 aromatic rings. The molecule has 3 aliphatic heterocycles. The Labute approximate surface area is 288 Å². The summed E-state index contributed by atoms with van der Waals surface area (Å²) in [5, 5.41) is 15.4. The molecule has 2 bridgehead atoms. The van der Waals surface area contributed by atoms with Crippen LogP contribution in [-0.2, 0) is 20.7 Å². The SMILES string of the molecule is COCOc1cc(-c2c(CCC#N)cc3c4c(c(SC)nc3c2F)NC(=O)CN4C2C3CC2N(C(=O)OC(C)(C)C)C3)c2ccccc2c1. The van der Waals surface area contributed by atoms with E-state index in [0.29, 0.717) is 57.2 Å². The van der Waals surface area contributed by atoms with Crippen molar-refractivity contribution in [3.8, 4) is 22.9 Å². The first-order valence-corrected chi connectivity index (χ1v) is 17.6. The average Bonchev–Trinajstić information content (AvgIpc) is 3.66. The number of methoxy groups -OCH3 is 1. The summed E-state index contributed by atoms with van der Waals surface area (Å²) >= 11 is 1.33. The zero-order valence-electron chi connectivity index (χ0n) is 28.1. The van der Waals surface area contributed by atoms with Gasteiger partial charge in [0, 0.05) is 36.9 Å². The molecule has 254 valence electrons. The van der Waals surface area contributed by atoms with Crippen molar-refractivity contribution in [2.45, 2.75) is 62.7 Å². The van der Waals surface area contributed by atoms with Gasteiger partial charge < -0.3 is 29.3 Å². The second kappa shape index (κ2) is 12.7. The zero-order valence-corrected chi connectivity index (χ0v) is 28.9. The van der Waals surface area contributed by atoms with Crippen molar-refractivity contribution in [2.75, 3.05) is 43.5 Å². The summed E-state index contributed by atoms with van der Waals surface area (Å²) in [6.07, 6.45) is 2.75. The second-order valence-corrected chi connectivity index (χ2v) is 14.5. The van der Waals surface area contributed by atoms with E-state index in [4.69, 9.17) is 19.2 Å². The van der Waals surface area contributed by atoms with E-state index >= 15 is 4.39 Å². The number of aryl methyl sites for hydroxylation is 1. The molecule has 3 atom stereocenters. The Morgan fingerprint density at radius 1 is 1.20 bits per heavy atom. The number of halogens is 1. The number of carbonyl (C=O) groups is 2. The Balaban J connectivity index is 1.43. The third-order valence-corrected chi connectivity index (χ3v) is 10.2. The molecule has 1 aromatic heterocycles. The second-order valence-electron chi connectivity index (χ2n) is 13.7. The molecule has 4 heterocycles. The molecule has 2 saturated heterocycles. The van der Waals surface area contributed by atoms with E-state index in [2.05, 4.69) is 11.4 Å². The predicted molar refractivity (Wildman–Crippen MR) is 187 cm³/mol. The molecule has 10 nitrogen and oxygen atoms in total. The lowest BCUT2D eigenvalue weighted by Gasteiger charge is -2.47. The van der Waals surface area contributed by atoms with Crippen molar-refractivity contribution in [3.63, 3.8) is 0 Å². The van der Waals surface area contributed by atoms with Gasteiger partial charge in [0.25, 0.3) is 0 Å². The first-order chi connectivity index (χ1) is 23.5. The van der Waals surface area contributed by atoms with Gasteiger partial charge in [0.2, 0.25) is 5.91 Å². The fourth-order valence-corrected chi connectivity index (χ4v) is 8.10. The topological polar surface area (TPSA) is 117 Å². The number of fused-ring (bicyclic) bond motifs is 5. The van der Waals surface area contributed by atoms with Crippen LogP contribution in [0.3, 0.4) is 0 Å². The number of benzene rings is 3. The predicted octanol–water partition coefficient (Wildman–Crippen LogP) is 7.12. The number of pyridine rings is 1. The van der Waals surface area contributed by atoms with Crippen LogP contribution >= 0.6 is 11.8 Å². The Bertz CT molecular complexity index is 2040. The minimum absolute atomic E-state index is 0.0279. The monoisotopic (exact) mass is 683 g/mol. The van der Waals surface area contributed by atoms with Crippen LogP contribution in [0.25, 0.3) is 32.8 Å². The lowest BCUT2D eigenvalue weighted by atomic mass is 9.78. The maximum atomic E-state index is 17.4. The van der Waals surface area contributed by atoms with Gasteiger partial charge in [0.1, 0.15) is 21.9 Å². The van der Waals surface area contributed by atoms with Crippen LogP contribution in [-0.4, -0.2) is 72.8 Å². The van der Waals surface area contributed by atoms with E-state index in [9.17, 15) is 14.9 Å². The summed E-state index contributed by atoms with van der Waals surface area (Å²) in [6.45, 7) is 6.14. The molecule has 2 amide bonds. The molecule has 1 N–H and O–H groups in total. The number of carbonyl (C=O) groups excluding carboxylic acids is 2. The van der Waals surface area contributed by atoms with Crippen molar-refractivity contribution >= 4 is 56.8 Å². The van der Waals surface area contributed by atoms with Crippen molar-refractivity contribution < 1.29 is 28.2 Å². The quantitative estimate of drug-likeness (QED) is 0.153. The number of hydrogen-bond donors (Lipinski definition) is 1. The maximum Gasteiger partial charge on any atom is 0.410 e. The van der Waals surface area contributed by atoms with Crippen LogP contribution < -0.4 is 15.0 Å². The minimum Gasteiger partial charge on any atom is -0.468 e. The molecular weight excluding hydrogens is 646 g/mol. The number of hydrogen-bond acceptors (Lipinski definition) is 9. The number of thioether (sulfide) groups is 1. The number of amides is 2. The van der Waals surface area contributed by atoms with Gasteiger partial charge in [0.05, 0.1) is 36.1 Å². The Morgan fingerprint density at radius 2 is 2.00 bits per heavy atom. The number of nitrogens with zero attached hydrogens (tertiary/aromatic N) is 4. The fourth-order valence-electron chi connectivity index (χ4n) is 7.56. The molecular formula is C37H38FN5O5S. The number of nitrogens with one attached hydrogen (secondary N) is 1. The molecule has 0 radical (unpaired) electrons. The lowest BCUT2D eigenvalue weighted by Crippen LogP contribution is -2.59. The highest BCUT2D eigenvalue weighted by Crippen LogP contribution is 2.52. The summed E-state index contributed by atoms with van der Waals surface area (Å²) in [7, 11) is 1.54. The van der Waals surface area contributed by atoms with Gasteiger partial charge in [-0.3, -0.25) is 4.79 Å². The van der Waals surface area contributed by atoms with Gasteiger partial charge in [-0.25, -0.2) is 14.2 Å². The highest BCUT2D eigenvalue weighted by Gasteiger charge is 2.58. The van der Waals surface area contributed by atoms with Crippen LogP contribution in [0.1, 0.15) is 39.2 Å². The van der Waals surface area contributed by atoms with Gasteiger partial charge in [-0.1, -0.05) is 24.3 Å². The van der Waals surface area contributed by atoms with Crippen LogP contribution in [0, 0.1) is 23.1 Å². The molecule has 0 spiro atoms. The third kappa shape index (κ3) is 5.78. The largest absolute Gasteiger partial charge is 0.468 e. The third-order valence-electron chi connectivity index (χ3n) is 9.50. The molecule has 3 unspecified atom stereocenters. The fraction of sp³-hybridized carbons (Fsp3) is 0.405. The van der Waals surface area contributed by atoms with Crippen LogP contribution in [0.15, 0.2) is 47.5 Å². The smallest absolute Gasteiger partial charge is 0.410 e. The summed E-state index contributed by atoms with van der Waals surface area (Å²) in [5.41, 5.74) is 2.37. The van der Waals surface area contributed by atoms with E-state index < -0.39 is 11.4 Å². The summed E-state index contributed by atoms with van der Waals surface area (Å²) < 4.78 is 34.1. The lowest BCUT2D eigenvalue weighted by molar-refractivity contribution is -0.115. The number of ether oxygens (including phenoxy) is 3. The van der Waals surface area contributed by atoms with Crippen LogP contribution in [0.4, 0.5) is 20.6 Å². The van der Waals surface area contributed by atoms with Crippen molar-refractivity contribution in [2.24, 2.45) is 5.92 Å². The molecule has 49 heavy (non-hydrogen) atoms. The van der Waals surface area contributed by atoms with E-state index in [1.807, 2.05) is 68.3 Å². The molecule has 4 aliphatic rings. The first-order valence-electron chi connectivity index (χ1n) is 16.3. The standard InChI is InChI=1S/C37H38FN5O5S/c1-37(2,3)48-36(45)42-17-22-15-27(42)33(22)43-18-28(44)40-32-34(43)26-14-21(10-8-12-39)29(30(38)31(26)41-35(32)49-5)25-16-23(47-19-46-4)13-20-9-6-7-11-24(20)25/h6-7,9,11,13-14,16,22,27,33H,8,10,15,17-19H2,1-5H3,(H,40,44). The van der Waals surface area contributed by atoms with Crippen molar-refractivity contribution in [1.29, 1.82) is 5.26 Å². The minimum atomic E-state index is -0.637. The molecule has 1 saturated carbocycles. The van der Waals surface area contributed by atoms with Crippen molar-refractivity contribution in [1.82, 2.24) is 9.88 Å². The van der Waals surface area contributed by atoms with Gasteiger partial charge in [-0.15, -0.1) is 11.8 Å². The van der Waals surface area contributed by atoms with Crippen LogP contribution in [0.5, 0.6) is 5.75 Å². The molecule has 1 aliphatic carbocycles. The van der Waals surface area contributed by atoms with Crippen LogP contribution in [0.2, 0.25) is 0 Å². The van der Waals surface area contributed by atoms with Gasteiger partial charge >= 0.3 is 6.09 Å². The van der Waals surface area contributed by atoms with E-state index in [-0.39, 0.29) is 55.3 Å². The Morgan fingerprint density at radius 3 is 2.73 bits per heavy atom. The zero-order chi connectivity index (χ0) is 34.6. The van der Waals surface area contributed by atoms with E-state index in [1.54, 1.807) is 11.0 Å². The molecule has 8 rings (SSSR count). The summed E-state index contributed by atoms with van der Waals surface area (Å²) in [4.78, 5) is 35.1. The average molecular weight is 684 g/mol. The Hall–Kier alpha value is -4.60. The summed E-state index contributed by atoms with van der Waals surface area (Å²) in [6, 6.07) is 15.2. The van der Waals surface area contributed by atoms with Gasteiger partial charge in [0.15, 0.2) is 12.6 Å². The number of anilines is 2. The van der Waals surface area contributed by atoms with Crippen molar-refractivity contribution in [3.05, 3.63) is 53.8 Å². The van der Waals surface area contributed by atoms with Gasteiger partial charge in [-0.05, 0) is 80.0 Å². The molecule has 3 fully saturated rings. The first kappa shape index (κ1) is 32.9. The van der Waals surface area contributed by atoms with E-state index in [0.717, 1.165) is 17.2 Å². The highest BCUT2D eigenvalue weighted by molar-refractivity contribution is 7.98. The summed E-state index contributed by atoms with van der Waals surface area (Å²) in [5.74, 6) is -0.0597. The maximum absolute atomic E-state index is 17.4. The normalized spacial score (nSPS) is 19.8. The molecule has 3 aromatic carbocycles. The van der Waals surface area contributed by atoms with Gasteiger partial charge in [-0.2, -0.15) is 5.26 Å². The highest BCUT2D eigenvalue weighted by atomic mass is 32.2. The van der Waals surface area contributed by atoms with E-state index in [1.165, 1.54) is 18.9 Å². The number of aromatic nitrogens is 1. The molecule has 12 heteroatoms. The number of nitriles is 1. The Kier molecular flexibility index (Phi) is 8.53. The number of rotatable bonds is 8.